The second-order valence-electron chi connectivity index (χ2n) is 8.05. The number of para-hydroxylation sites is 1. The first kappa shape index (κ1) is 22.5. The normalized spacial score (nSPS) is 14.6. The predicted molar refractivity (Wildman–Crippen MR) is 132 cm³/mol. The highest BCUT2D eigenvalue weighted by molar-refractivity contribution is 7.89. The Kier molecular flexibility index (Phi) is 5.64. The van der Waals surface area contributed by atoms with Crippen LogP contribution >= 0.6 is 0 Å². The standard InChI is InChI=1S/C26H20N4O4S/c27-35(33,34)19-9-6-16(7-10-19)14-28-15-23-22-13-18(8-11-21(22)25(31)30-26(23)32)20-5-1-3-17-4-2-12-29-24(17)20/h1-13,15,28H,14H2,(H2,27,33,34)(H,30,31,32)/b23-15-. The van der Waals surface area contributed by atoms with Crippen molar-refractivity contribution in [3.05, 3.63) is 102 Å². The fourth-order valence-electron chi connectivity index (χ4n) is 4.04. The van der Waals surface area contributed by atoms with Crippen LogP contribution in [0.4, 0.5) is 0 Å². The number of fused-ring (bicyclic) bond motifs is 2. The first-order chi connectivity index (χ1) is 16.8. The van der Waals surface area contributed by atoms with Crippen LogP contribution < -0.4 is 15.8 Å². The number of carbonyl (C=O) groups excluding carboxylic acids is 2. The van der Waals surface area contributed by atoms with Crippen LogP contribution in [0.3, 0.4) is 0 Å². The molecule has 4 aromatic rings. The third kappa shape index (κ3) is 4.42. The predicted octanol–water partition coefficient (Wildman–Crippen LogP) is 2.95. The first-order valence-electron chi connectivity index (χ1n) is 10.7. The number of amides is 2. The van der Waals surface area contributed by atoms with E-state index in [-0.39, 0.29) is 4.90 Å². The highest BCUT2D eigenvalue weighted by atomic mass is 32.2. The maximum atomic E-state index is 12.7. The second kappa shape index (κ2) is 8.79. The summed E-state index contributed by atoms with van der Waals surface area (Å²) in [6.07, 6.45) is 3.28. The minimum absolute atomic E-state index is 0.0224. The Morgan fingerprint density at radius 3 is 2.43 bits per heavy atom. The van der Waals surface area contributed by atoms with Crippen LogP contribution in [-0.4, -0.2) is 25.2 Å². The molecule has 35 heavy (non-hydrogen) atoms. The average molecular weight is 485 g/mol. The van der Waals surface area contributed by atoms with Crippen LogP contribution in [0.25, 0.3) is 27.6 Å². The van der Waals surface area contributed by atoms with Crippen molar-refractivity contribution in [1.29, 1.82) is 0 Å². The number of carbonyl (C=O) groups is 2. The number of hydrogen-bond acceptors (Lipinski definition) is 6. The van der Waals surface area contributed by atoms with Gasteiger partial charge in [-0.3, -0.25) is 19.9 Å². The van der Waals surface area contributed by atoms with Crippen molar-refractivity contribution in [3.63, 3.8) is 0 Å². The summed E-state index contributed by atoms with van der Waals surface area (Å²) in [4.78, 5) is 29.7. The Morgan fingerprint density at radius 2 is 1.66 bits per heavy atom. The van der Waals surface area contributed by atoms with Crippen molar-refractivity contribution in [2.45, 2.75) is 11.4 Å². The third-order valence-corrected chi connectivity index (χ3v) is 6.70. The first-order valence-corrected chi connectivity index (χ1v) is 12.3. The summed E-state index contributed by atoms with van der Waals surface area (Å²) in [6.45, 7) is 0.331. The number of hydrogen-bond donors (Lipinski definition) is 3. The van der Waals surface area contributed by atoms with E-state index in [4.69, 9.17) is 5.14 Å². The number of imide groups is 1. The quantitative estimate of drug-likeness (QED) is 0.295. The maximum absolute atomic E-state index is 12.7. The van der Waals surface area contributed by atoms with Crippen molar-refractivity contribution in [2.24, 2.45) is 5.14 Å². The van der Waals surface area contributed by atoms with Gasteiger partial charge >= 0.3 is 0 Å². The van der Waals surface area contributed by atoms with Crippen molar-refractivity contribution in [2.75, 3.05) is 0 Å². The lowest BCUT2D eigenvalue weighted by Crippen LogP contribution is -2.37. The zero-order valence-corrected chi connectivity index (χ0v) is 19.2. The molecule has 0 fully saturated rings. The molecule has 0 atom stereocenters. The Labute approximate surface area is 201 Å². The van der Waals surface area contributed by atoms with Gasteiger partial charge in [-0.15, -0.1) is 0 Å². The number of rotatable bonds is 5. The van der Waals surface area contributed by atoms with Gasteiger partial charge in [-0.2, -0.15) is 0 Å². The summed E-state index contributed by atoms with van der Waals surface area (Å²) < 4.78 is 22.8. The van der Waals surface area contributed by atoms with Gasteiger partial charge < -0.3 is 5.32 Å². The molecule has 0 bridgehead atoms. The van der Waals surface area contributed by atoms with Crippen molar-refractivity contribution in [3.8, 4) is 11.1 Å². The lowest BCUT2D eigenvalue weighted by Gasteiger charge is -2.20. The van der Waals surface area contributed by atoms with Crippen LogP contribution in [0.2, 0.25) is 0 Å². The molecule has 0 saturated carbocycles. The van der Waals surface area contributed by atoms with Gasteiger partial charge in [0.15, 0.2) is 0 Å². The van der Waals surface area contributed by atoms with Crippen LogP contribution in [0.1, 0.15) is 21.5 Å². The van der Waals surface area contributed by atoms with Gasteiger partial charge in [0.2, 0.25) is 10.0 Å². The van der Waals surface area contributed by atoms with Crippen LogP contribution in [0.5, 0.6) is 0 Å². The van der Waals surface area contributed by atoms with E-state index in [9.17, 15) is 18.0 Å². The van der Waals surface area contributed by atoms with Crippen molar-refractivity contribution < 1.29 is 18.0 Å². The molecule has 8 nitrogen and oxygen atoms in total. The Hall–Kier alpha value is -4.34. The smallest absolute Gasteiger partial charge is 0.260 e. The number of benzene rings is 3. The van der Waals surface area contributed by atoms with Gasteiger partial charge in [0, 0.05) is 41.0 Å². The second-order valence-corrected chi connectivity index (χ2v) is 9.61. The topological polar surface area (TPSA) is 131 Å². The molecule has 0 spiro atoms. The largest absolute Gasteiger partial charge is 0.386 e. The summed E-state index contributed by atoms with van der Waals surface area (Å²) in [6, 6.07) is 21.2. The molecule has 2 amide bonds. The molecule has 9 heteroatoms. The number of nitrogens with two attached hydrogens (primary N) is 1. The summed E-state index contributed by atoms with van der Waals surface area (Å²) in [5.74, 6) is -0.962. The molecule has 3 aromatic carbocycles. The third-order valence-electron chi connectivity index (χ3n) is 5.77. The molecule has 5 rings (SSSR count). The summed E-state index contributed by atoms with van der Waals surface area (Å²) in [5.41, 5.74) is 4.57. The number of primary sulfonamides is 1. The van der Waals surface area contributed by atoms with Gasteiger partial charge in [-0.05, 0) is 41.5 Å². The number of nitrogens with zero attached hydrogens (tertiary/aromatic N) is 1. The molecule has 1 aliphatic rings. The Morgan fingerprint density at radius 1 is 0.886 bits per heavy atom. The zero-order chi connectivity index (χ0) is 24.6. The molecular formula is C26H20N4O4S. The van der Waals surface area contributed by atoms with Gasteiger partial charge in [-0.1, -0.05) is 42.5 Å². The summed E-state index contributed by atoms with van der Waals surface area (Å²) in [5, 5.41) is 11.6. The molecule has 0 saturated heterocycles. The van der Waals surface area contributed by atoms with Crippen LogP contribution in [0.15, 0.2) is 90.1 Å². The SMILES string of the molecule is NS(=O)(=O)c1ccc(CN/C=C2\C(=O)NC(=O)c3ccc(-c4cccc5cccnc45)cc32)cc1. The monoisotopic (exact) mass is 484 g/mol. The van der Waals surface area contributed by atoms with Crippen molar-refractivity contribution >= 4 is 38.3 Å². The van der Waals surface area contributed by atoms with Gasteiger partial charge in [-0.25, -0.2) is 13.6 Å². The van der Waals surface area contributed by atoms with E-state index in [1.165, 1.54) is 12.1 Å². The summed E-state index contributed by atoms with van der Waals surface area (Å²) in [7, 11) is -3.77. The van der Waals surface area contributed by atoms with Crippen LogP contribution in [0, 0.1) is 0 Å². The van der Waals surface area contributed by atoms with E-state index in [1.54, 1.807) is 30.6 Å². The molecule has 1 aliphatic heterocycles. The number of sulfonamides is 1. The average Bonchev–Trinajstić information content (AvgIpc) is 2.85. The molecular weight excluding hydrogens is 464 g/mol. The Bertz CT molecular complexity index is 1620. The minimum Gasteiger partial charge on any atom is -0.386 e. The zero-order valence-electron chi connectivity index (χ0n) is 18.4. The van der Waals surface area contributed by atoms with Gasteiger partial charge in [0.25, 0.3) is 11.8 Å². The van der Waals surface area contributed by atoms with E-state index in [0.717, 1.165) is 27.6 Å². The maximum Gasteiger partial charge on any atom is 0.260 e. The Balaban J connectivity index is 1.48. The fourth-order valence-corrected chi connectivity index (χ4v) is 4.56. The molecule has 4 N–H and O–H groups in total. The molecule has 0 radical (unpaired) electrons. The molecule has 1 aromatic heterocycles. The van der Waals surface area contributed by atoms with E-state index in [1.807, 2.05) is 42.5 Å². The lowest BCUT2D eigenvalue weighted by atomic mass is 9.91. The lowest BCUT2D eigenvalue weighted by molar-refractivity contribution is -0.114. The minimum atomic E-state index is -3.77. The molecule has 174 valence electrons. The van der Waals surface area contributed by atoms with E-state index >= 15 is 0 Å². The highest BCUT2D eigenvalue weighted by Crippen LogP contribution is 2.32. The summed E-state index contributed by atoms with van der Waals surface area (Å²) >= 11 is 0. The molecule has 0 unspecified atom stereocenters. The number of nitrogens with one attached hydrogen (secondary N) is 2. The van der Waals surface area contributed by atoms with E-state index in [2.05, 4.69) is 15.6 Å². The highest BCUT2D eigenvalue weighted by Gasteiger charge is 2.27. The molecule has 2 heterocycles. The van der Waals surface area contributed by atoms with E-state index in [0.29, 0.717) is 23.2 Å². The molecule has 0 aliphatic carbocycles. The number of aromatic nitrogens is 1. The van der Waals surface area contributed by atoms with Crippen LogP contribution in [-0.2, 0) is 21.4 Å². The number of pyridine rings is 1. The van der Waals surface area contributed by atoms with Crippen molar-refractivity contribution in [1.82, 2.24) is 15.6 Å². The van der Waals surface area contributed by atoms with Gasteiger partial charge in [0.05, 0.1) is 16.0 Å². The fraction of sp³-hybridized carbons (Fsp3) is 0.0385. The van der Waals surface area contributed by atoms with Gasteiger partial charge in [0.1, 0.15) is 0 Å². The van der Waals surface area contributed by atoms with E-state index < -0.39 is 21.8 Å².